The maximum Gasteiger partial charge on any atom is 0.307 e. The molecule has 1 heterocycles. The second-order valence-electron chi connectivity index (χ2n) is 5.91. The second-order valence-corrected chi connectivity index (χ2v) is 5.91. The van der Waals surface area contributed by atoms with E-state index in [4.69, 9.17) is 9.84 Å². The third-order valence-corrected chi connectivity index (χ3v) is 4.13. The van der Waals surface area contributed by atoms with Gasteiger partial charge in [-0.3, -0.25) is 9.59 Å². The third kappa shape index (κ3) is 3.74. The van der Waals surface area contributed by atoms with E-state index >= 15 is 0 Å². The molecule has 124 valence electrons. The lowest BCUT2D eigenvalue weighted by Crippen LogP contribution is -2.47. The number of benzene rings is 2. The summed E-state index contributed by atoms with van der Waals surface area (Å²) in [5.41, 5.74) is 2.01. The second kappa shape index (κ2) is 7.17. The normalized spacial score (nSPS) is 20.2. The van der Waals surface area contributed by atoms with Crippen molar-refractivity contribution in [2.24, 2.45) is 5.92 Å². The number of nitrogens with one attached hydrogen (secondary N) is 1. The molecule has 24 heavy (non-hydrogen) atoms. The Morgan fingerprint density at radius 2 is 1.83 bits per heavy atom. The van der Waals surface area contributed by atoms with Crippen molar-refractivity contribution in [2.75, 3.05) is 6.61 Å². The van der Waals surface area contributed by atoms with E-state index in [0.29, 0.717) is 6.42 Å². The lowest BCUT2D eigenvalue weighted by atomic mass is 9.92. The number of carboxylic acids is 1. The van der Waals surface area contributed by atoms with Crippen molar-refractivity contribution in [3.05, 3.63) is 54.6 Å². The van der Waals surface area contributed by atoms with Gasteiger partial charge in [-0.1, -0.05) is 48.5 Å². The molecule has 2 aromatic rings. The predicted octanol–water partition coefficient (Wildman–Crippen LogP) is 2.71. The molecular formula is C19H19NO4. The first-order valence-corrected chi connectivity index (χ1v) is 7.93. The van der Waals surface area contributed by atoms with Gasteiger partial charge in [-0.15, -0.1) is 0 Å². The van der Waals surface area contributed by atoms with Crippen LogP contribution in [-0.4, -0.2) is 29.6 Å². The molecule has 2 N–H and O–H groups in total. The molecule has 0 radical (unpaired) electrons. The topological polar surface area (TPSA) is 75.6 Å². The fourth-order valence-corrected chi connectivity index (χ4v) is 2.93. The Morgan fingerprint density at radius 3 is 2.58 bits per heavy atom. The molecule has 0 bridgehead atoms. The molecule has 0 spiro atoms. The fraction of sp³-hybridized carbons (Fsp3) is 0.263. The molecule has 0 aromatic heterocycles. The van der Waals surface area contributed by atoms with E-state index in [-0.39, 0.29) is 25.0 Å². The smallest absolute Gasteiger partial charge is 0.307 e. The van der Waals surface area contributed by atoms with Crippen molar-refractivity contribution >= 4 is 11.9 Å². The molecule has 5 nitrogen and oxygen atoms in total. The van der Waals surface area contributed by atoms with Crippen molar-refractivity contribution in [3.8, 4) is 16.9 Å². The first-order valence-electron chi connectivity index (χ1n) is 7.93. The van der Waals surface area contributed by atoms with Crippen LogP contribution in [-0.2, 0) is 9.59 Å². The van der Waals surface area contributed by atoms with E-state index in [9.17, 15) is 9.59 Å². The Labute approximate surface area is 140 Å². The molecule has 2 unspecified atom stereocenters. The molecule has 1 amide bonds. The summed E-state index contributed by atoms with van der Waals surface area (Å²) < 4.78 is 5.90. The summed E-state index contributed by atoms with van der Waals surface area (Å²) in [5.74, 6) is -1.09. The summed E-state index contributed by atoms with van der Waals surface area (Å²) in [6.07, 6.45) is 0.418. The standard InChI is InChI=1S/C19H19NO4/c21-18-11-14(19(22)23)10-15(20-18)12-24-17-9-5-4-8-16(17)13-6-2-1-3-7-13/h1-9,14-15H,10-12H2,(H,20,21)(H,22,23). The Kier molecular flexibility index (Phi) is 4.79. The number of piperidine rings is 1. The van der Waals surface area contributed by atoms with Gasteiger partial charge in [0.25, 0.3) is 0 Å². The van der Waals surface area contributed by atoms with E-state index in [1.165, 1.54) is 0 Å². The van der Waals surface area contributed by atoms with Gasteiger partial charge in [0.05, 0.1) is 12.0 Å². The number of hydrogen-bond donors (Lipinski definition) is 2. The van der Waals surface area contributed by atoms with E-state index in [1.807, 2.05) is 54.6 Å². The third-order valence-electron chi connectivity index (χ3n) is 4.13. The molecule has 1 aliphatic rings. The van der Waals surface area contributed by atoms with Crippen LogP contribution in [0.15, 0.2) is 54.6 Å². The van der Waals surface area contributed by atoms with E-state index < -0.39 is 11.9 Å². The number of rotatable bonds is 5. The largest absolute Gasteiger partial charge is 0.491 e. The number of ether oxygens (including phenoxy) is 1. The van der Waals surface area contributed by atoms with E-state index in [0.717, 1.165) is 16.9 Å². The predicted molar refractivity (Wildman–Crippen MR) is 89.7 cm³/mol. The number of carbonyl (C=O) groups excluding carboxylic acids is 1. The number of carbonyl (C=O) groups is 2. The lowest BCUT2D eigenvalue weighted by molar-refractivity contribution is -0.146. The molecule has 3 rings (SSSR count). The highest BCUT2D eigenvalue weighted by atomic mass is 16.5. The molecule has 0 aliphatic carbocycles. The molecule has 5 heteroatoms. The van der Waals surface area contributed by atoms with Gasteiger partial charge in [0, 0.05) is 12.0 Å². The molecule has 1 aliphatic heterocycles. The Balaban J connectivity index is 1.71. The number of hydrogen-bond acceptors (Lipinski definition) is 3. The Bertz CT molecular complexity index is 729. The summed E-state index contributed by atoms with van der Waals surface area (Å²) in [7, 11) is 0. The molecule has 1 fully saturated rings. The van der Waals surface area contributed by atoms with Gasteiger partial charge in [-0.25, -0.2) is 0 Å². The number of amides is 1. The van der Waals surface area contributed by atoms with Crippen LogP contribution in [0.3, 0.4) is 0 Å². The monoisotopic (exact) mass is 325 g/mol. The van der Waals surface area contributed by atoms with Crippen LogP contribution in [0.25, 0.3) is 11.1 Å². The fourth-order valence-electron chi connectivity index (χ4n) is 2.93. The van der Waals surface area contributed by atoms with Gasteiger partial charge in [-0.05, 0) is 18.1 Å². The van der Waals surface area contributed by atoms with Gasteiger partial charge in [0.15, 0.2) is 0 Å². The minimum Gasteiger partial charge on any atom is -0.491 e. The van der Waals surface area contributed by atoms with Gasteiger partial charge in [-0.2, -0.15) is 0 Å². The maximum absolute atomic E-state index is 11.7. The minimum atomic E-state index is -0.931. The van der Waals surface area contributed by atoms with Gasteiger partial charge < -0.3 is 15.2 Å². The highest BCUT2D eigenvalue weighted by molar-refractivity contribution is 5.83. The van der Waals surface area contributed by atoms with Gasteiger partial charge in [0.1, 0.15) is 12.4 Å². The van der Waals surface area contributed by atoms with Crippen LogP contribution in [0.2, 0.25) is 0 Å². The van der Waals surface area contributed by atoms with Crippen LogP contribution in [0.5, 0.6) is 5.75 Å². The van der Waals surface area contributed by atoms with Gasteiger partial charge in [0.2, 0.25) is 5.91 Å². The molecular weight excluding hydrogens is 306 g/mol. The zero-order valence-electron chi connectivity index (χ0n) is 13.1. The molecule has 2 atom stereocenters. The molecule has 1 saturated heterocycles. The summed E-state index contributed by atoms with van der Waals surface area (Å²) in [6, 6.07) is 17.3. The first kappa shape index (κ1) is 16.1. The number of para-hydroxylation sites is 1. The summed E-state index contributed by atoms with van der Waals surface area (Å²) in [5, 5.41) is 11.9. The number of carboxylic acid groups (broad SMARTS) is 1. The van der Waals surface area contributed by atoms with Crippen molar-refractivity contribution in [1.82, 2.24) is 5.32 Å². The highest BCUT2D eigenvalue weighted by Gasteiger charge is 2.31. The van der Waals surface area contributed by atoms with Crippen molar-refractivity contribution in [1.29, 1.82) is 0 Å². The molecule has 2 aromatic carbocycles. The summed E-state index contributed by atoms with van der Waals surface area (Å²) in [6.45, 7) is 0.249. The van der Waals surface area contributed by atoms with Crippen LogP contribution in [0.4, 0.5) is 0 Å². The average Bonchev–Trinajstić information content (AvgIpc) is 2.60. The highest BCUT2D eigenvalue weighted by Crippen LogP contribution is 2.30. The van der Waals surface area contributed by atoms with Crippen LogP contribution >= 0.6 is 0 Å². The minimum absolute atomic E-state index is 0.0342. The maximum atomic E-state index is 11.7. The zero-order valence-corrected chi connectivity index (χ0v) is 13.1. The summed E-state index contributed by atoms with van der Waals surface area (Å²) in [4.78, 5) is 22.8. The van der Waals surface area contributed by atoms with Gasteiger partial charge >= 0.3 is 5.97 Å². The SMILES string of the molecule is O=C1CC(C(=O)O)CC(COc2ccccc2-c2ccccc2)N1. The van der Waals surface area contributed by atoms with Crippen molar-refractivity contribution < 1.29 is 19.4 Å². The van der Waals surface area contributed by atoms with E-state index in [1.54, 1.807) is 0 Å². The Morgan fingerprint density at radius 1 is 1.12 bits per heavy atom. The number of aliphatic carboxylic acids is 1. The van der Waals surface area contributed by atoms with Crippen molar-refractivity contribution in [3.63, 3.8) is 0 Å². The van der Waals surface area contributed by atoms with Crippen LogP contribution in [0, 0.1) is 5.92 Å². The quantitative estimate of drug-likeness (QED) is 0.886. The molecule has 0 saturated carbocycles. The van der Waals surface area contributed by atoms with Crippen LogP contribution < -0.4 is 10.1 Å². The van der Waals surface area contributed by atoms with Crippen molar-refractivity contribution in [2.45, 2.75) is 18.9 Å². The van der Waals surface area contributed by atoms with Crippen LogP contribution in [0.1, 0.15) is 12.8 Å². The van der Waals surface area contributed by atoms with E-state index in [2.05, 4.69) is 5.32 Å². The zero-order chi connectivity index (χ0) is 16.9. The lowest BCUT2D eigenvalue weighted by Gasteiger charge is -2.27. The average molecular weight is 325 g/mol. The summed E-state index contributed by atoms with van der Waals surface area (Å²) >= 11 is 0. The first-order chi connectivity index (χ1) is 11.6. The Hall–Kier alpha value is -2.82.